The van der Waals surface area contributed by atoms with Gasteiger partial charge in [0.2, 0.25) is 0 Å². The first-order chi connectivity index (χ1) is 7.95. The lowest BCUT2D eigenvalue weighted by molar-refractivity contribution is -0.142. The summed E-state index contributed by atoms with van der Waals surface area (Å²) in [5.41, 5.74) is 4.87. The number of carbonyl (C=O) groups is 1. The second kappa shape index (κ2) is 5.77. The zero-order chi connectivity index (χ0) is 13.0. The van der Waals surface area contributed by atoms with Gasteiger partial charge < -0.3 is 10.5 Å². The van der Waals surface area contributed by atoms with Crippen molar-refractivity contribution in [1.82, 2.24) is 4.98 Å². The van der Waals surface area contributed by atoms with Crippen LogP contribution in [0.15, 0.2) is 6.07 Å². The van der Waals surface area contributed by atoms with Crippen LogP contribution in [0.4, 0.5) is 14.6 Å². The third kappa shape index (κ3) is 3.52. The number of nitrogens with two attached hydrogens (primary N) is 1. The summed E-state index contributed by atoms with van der Waals surface area (Å²) >= 11 is 5.69. The number of rotatable bonds is 4. The van der Waals surface area contributed by atoms with Crippen molar-refractivity contribution in [2.24, 2.45) is 0 Å². The maximum absolute atomic E-state index is 12.7. The first-order valence-corrected chi connectivity index (χ1v) is 5.22. The molecule has 0 saturated heterocycles. The fourth-order valence-electron chi connectivity index (χ4n) is 1.30. The molecule has 1 aromatic rings. The van der Waals surface area contributed by atoms with Gasteiger partial charge in [-0.2, -0.15) is 0 Å². The van der Waals surface area contributed by atoms with Crippen LogP contribution in [-0.4, -0.2) is 17.6 Å². The van der Waals surface area contributed by atoms with Crippen LogP contribution in [0.1, 0.15) is 24.5 Å². The maximum atomic E-state index is 12.7. The van der Waals surface area contributed by atoms with E-state index in [2.05, 4.69) is 9.72 Å². The van der Waals surface area contributed by atoms with Gasteiger partial charge in [-0.3, -0.25) is 4.79 Å². The number of aromatic nitrogens is 1. The smallest absolute Gasteiger partial charge is 0.310 e. The second-order valence-electron chi connectivity index (χ2n) is 3.19. The lowest BCUT2D eigenvalue weighted by Gasteiger charge is -2.10. The van der Waals surface area contributed by atoms with Crippen molar-refractivity contribution in [1.29, 1.82) is 0 Å². The molecular weight excluding hydrogens is 254 g/mol. The molecule has 0 aliphatic heterocycles. The van der Waals surface area contributed by atoms with Gasteiger partial charge in [-0.15, -0.1) is 0 Å². The minimum atomic E-state index is -2.78. The molecule has 0 saturated carbocycles. The molecule has 0 atom stereocenters. The molecule has 0 fully saturated rings. The molecule has 0 bridgehead atoms. The van der Waals surface area contributed by atoms with E-state index >= 15 is 0 Å². The molecule has 0 aliphatic carbocycles. The molecule has 1 aromatic heterocycles. The summed E-state index contributed by atoms with van der Waals surface area (Å²) in [5.74, 6) is -0.749. The summed E-state index contributed by atoms with van der Waals surface area (Å²) in [5, 5.41) is -0.201. The van der Waals surface area contributed by atoms with Crippen molar-refractivity contribution in [3.63, 3.8) is 0 Å². The second-order valence-corrected chi connectivity index (χ2v) is 3.55. The molecule has 0 aliphatic rings. The third-order valence-corrected chi connectivity index (χ3v) is 2.30. The molecule has 0 aromatic carbocycles. The van der Waals surface area contributed by atoms with Crippen LogP contribution in [0.25, 0.3) is 0 Å². The highest BCUT2D eigenvalue weighted by molar-refractivity contribution is 6.30. The average Bonchev–Trinajstić information content (AvgIpc) is 2.21. The van der Waals surface area contributed by atoms with Crippen LogP contribution in [-0.2, 0) is 16.0 Å². The summed E-state index contributed by atoms with van der Waals surface area (Å²) in [4.78, 5) is 14.9. The zero-order valence-electron chi connectivity index (χ0n) is 9.04. The summed E-state index contributed by atoms with van der Waals surface area (Å²) in [6, 6.07) is 1.01. The fraction of sp³-hybridized carbons (Fsp3) is 0.400. The largest absolute Gasteiger partial charge is 0.466 e. The van der Waals surface area contributed by atoms with E-state index < -0.39 is 18.0 Å². The van der Waals surface area contributed by atoms with E-state index in [-0.39, 0.29) is 29.6 Å². The van der Waals surface area contributed by atoms with Gasteiger partial charge in [-0.1, -0.05) is 11.6 Å². The third-order valence-electron chi connectivity index (χ3n) is 1.99. The predicted octanol–water partition coefficient (Wildman–Crippen LogP) is 2.36. The van der Waals surface area contributed by atoms with Crippen molar-refractivity contribution >= 4 is 23.4 Å². The number of ether oxygens (including phenoxy) is 1. The van der Waals surface area contributed by atoms with Crippen LogP contribution < -0.4 is 5.73 Å². The molecule has 0 amide bonds. The Kier molecular flexibility index (Phi) is 4.62. The first kappa shape index (κ1) is 13.6. The number of anilines is 1. The minimum absolute atomic E-state index is 0.0469. The molecule has 94 valence electrons. The first-order valence-electron chi connectivity index (χ1n) is 4.84. The summed E-state index contributed by atoms with van der Waals surface area (Å²) in [6.07, 6.45) is -3.12. The van der Waals surface area contributed by atoms with E-state index in [1.165, 1.54) is 0 Å². The predicted molar refractivity (Wildman–Crippen MR) is 59.0 cm³/mol. The highest BCUT2D eigenvalue weighted by Gasteiger charge is 2.20. The van der Waals surface area contributed by atoms with Gasteiger partial charge in [-0.05, 0) is 13.0 Å². The van der Waals surface area contributed by atoms with Crippen LogP contribution in [0.5, 0.6) is 0 Å². The minimum Gasteiger partial charge on any atom is -0.466 e. The number of hydrogen-bond acceptors (Lipinski definition) is 4. The summed E-state index contributed by atoms with van der Waals surface area (Å²) in [6.45, 7) is 1.79. The average molecular weight is 265 g/mol. The molecule has 0 radical (unpaired) electrons. The van der Waals surface area contributed by atoms with E-state index in [0.717, 1.165) is 6.07 Å². The van der Waals surface area contributed by atoms with Crippen LogP contribution in [0.2, 0.25) is 5.15 Å². The lowest BCUT2D eigenvalue weighted by atomic mass is 10.1. The van der Waals surface area contributed by atoms with E-state index in [9.17, 15) is 13.6 Å². The quantitative estimate of drug-likeness (QED) is 0.670. The number of alkyl halides is 2. The molecule has 17 heavy (non-hydrogen) atoms. The van der Waals surface area contributed by atoms with Crippen molar-refractivity contribution in [2.75, 3.05) is 12.3 Å². The van der Waals surface area contributed by atoms with Gasteiger partial charge in [0.05, 0.1) is 13.0 Å². The summed E-state index contributed by atoms with van der Waals surface area (Å²) < 4.78 is 30.1. The van der Waals surface area contributed by atoms with Crippen molar-refractivity contribution < 1.29 is 18.3 Å². The Balaban J connectivity index is 3.08. The van der Waals surface area contributed by atoms with E-state index in [0.29, 0.717) is 0 Å². The molecule has 0 unspecified atom stereocenters. The molecule has 7 heteroatoms. The van der Waals surface area contributed by atoms with Gasteiger partial charge in [0.1, 0.15) is 11.0 Å². The lowest BCUT2D eigenvalue weighted by Crippen LogP contribution is -2.11. The number of pyridine rings is 1. The Hall–Kier alpha value is -1.43. The molecule has 2 N–H and O–H groups in total. The van der Waals surface area contributed by atoms with Gasteiger partial charge in [0.15, 0.2) is 0 Å². The van der Waals surface area contributed by atoms with Crippen LogP contribution >= 0.6 is 11.6 Å². The van der Waals surface area contributed by atoms with E-state index in [1.54, 1.807) is 6.92 Å². The van der Waals surface area contributed by atoms with Crippen molar-refractivity contribution in [2.45, 2.75) is 19.8 Å². The molecular formula is C10H11ClF2N2O2. The Morgan fingerprint density at radius 3 is 2.82 bits per heavy atom. The number of hydrogen-bond donors (Lipinski definition) is 1. The van der Waals surface area contributed by atoms with Gasteiger partial charge >= 0.3 is 5.97 Å². The molecule has 1 heterocycles. The normalized spacial score (nSPS) is 10.6. The fourth-order valence-corrected chi connectivity index (χ4v) is 1.58. The van der Waals surface area contributed by atoms with E-state index in [4.69, 9.17) is 17.3 Å². The molecule has 0 spiro atoms. The maximum Gasteiger partial charge on any atom is 0.310 e. The van der Waals surface area contributed by atoms with Crippen molar-refractivity contribution in [3.05, 3.63) is 22.3 Å². The Labute approximate surface area is 102 Å². The number of nitrogens with zero attached hydrogens (tertiary/aromatic N) is 1. The number of carbonyl (C=O) groups excluding carboxylic acids is 1. The number of nitrogen functional groups attached to an aromatic ring is 1. The zero-order valence-corrected chi connectivity index (χ0v) is 9.80. The Morgan fingerprint density at radius 1 is 1.65 bits per heavy atom. The summed E-state index contributed by atoms with van der Waals surface area (Å²) in [7, 11) is 0. The highest BCUT2D eigenvalue weighted by Crippen LogP contribution is 2.29. The number of halogens is 3. The standard InChI is InChI=1S/C10H11ClF2N2O2/c1-2-17-8(16)4-5-6(10(12)13)3-7(14)15-9(5)11/h3,10H,2,4H2,1H3,(H2,14,15). The highest BCUT2D eigenvalue weighted by atomic mass is 35.5. The molecule has 4 nitrogen and oxygen atoms in total. The topological polar surface area (TPSA) is 65.2 Å². The van der Waals surface area contributed by atoms with Gasteiger partial charge in [0.25, 0.3) is 6.43 Å². The SMILES string of the molecule is CCOC(=O)Cc1c(C(F)F)cc(N)nc1Cl. The number of esters is 1. The Morgan fingerprint density at radius 2 is 2.29 bits per heavy atom. The molecule has 1 rings (SSSR count). The van der Waals surface area contributed by atoms with Gasteiger partial charge in [0, 0.05) is 11.1 Å². The van der Waals surface area contributed by atoms with Crippen LogP contribution in [0, 0.1) is 0 Å². The van der Waals surface area contributed by atoms with Gasteiger partial charge in [-0.25, -0.2) is 13.8 Å². The monoisotopic (exact) mass is 264 g/mol. The van der Waals surface area contributed by atoms with E-state index in [1.807, 2.05) is 0 Å². The van der Waals surface area contributed by atoms with Crippen LogP contribution in [0.3, 0.4) is 0 Å². The Bertz CT molecular complexity index is 427. The van der Waals surface area contributed by atoms with Crippen molar-refractivity contribution in [3.8, 4) is 0 Å².